The fourth-order valence-corrected chi connectivity index (χ4v) is 5.59. The Hall–Kier alpha value is -3.60. The van der Waals surface area contributed by atoms with Crippen molar-refractivity contribution in [2.24, 2.45) is 0 Å². The van der Waals surface area contributed by atoms with E-state index in [-0.39, 0.29) is 0 Å². The Kier molecular flexibility index (Phi) is 4.90. The fraction of sp³-hybridized carbons (Fsp3) is 0. The molecule has 0 aromatic heterocycles. The summed E-state index contributed by atoms with van der Waals surface area (Å²) >= 11 is 6.30. The van der Waals surface area contributed by atoms with E-state index in [0.29, 0.717) is 0 Å². The van der Waals surface area contributed by atoms with E-state index in [0.717, 1.165) is 33.4 Å². The molecule has 3 nitrogen and oxygen atoms in total. The van der Waals surface area contributed by atoms with Crippen LogP contribution >= 0.6 is 11.6 Å². The molecule has 0 spiro atoms. The molecule has 35 heavy (non-hydrogen) atoms. The van der Waals surface area contributed by atoms with Crippen molar-refractivity contribution in [3.8, 4) is 0 Å². The van der Waals surface area contributed by atoms with E-state index in [9.17, 15) is 0 Å². The number of halogens is 1. The summed E-state index contributed by atoms with van der Waals surface area (Å²) in [4.78, 5) is 0. The molecule has 6 aromatic rings. The van der Waals surface area contributed by atoms with Crippen LogP contribution in [0.4, 0.5) is 11.4 Å². The lowest BCUT2D eigenvalue weighted by Gasteiger charge is -2.38. The Bertz CT molecular complexity index is 1760. The van der Waals surface area contributed by atoms with E-state index >= 15 is 0 Å². The molecule has 7 heteroatoms. The number of hydrogen-bond acceptors (Lipinski definition) is 3. The maximum atomic E-state index is 6.30. The third kappa shape index (κ3) is 3.61. The summed E-state index contributed by atoms with van der Waals surface area (Å²) in [6, 6.07) is 37.1. The number of nitrogens with zero attached hydrogens (tertiary/aromatic N) is 2. The van der Waals surface area contributed by atoms with Gasteiger partial charge in [-0.15, -0.1) is 0 Å². The summed E-state index contributed by atoms with van der Waals surface area (Å²) in [5, 5.41) is 14.6. The Morgan fingerprint density at radius 2 is 1.17 bits per heavy atom. The van der Waals surface area contributed by atoms with Crippen molar-refractivity contribution >= 4 is 88.7 Å². The number of rotatable bonds is 2. The second-order valence-corrected chi connectivity index (χ2v) is 9.76. The van der Waals surface area contributed by atoms with Crippen LogP contribution in [0.2, 0.25) is 5.02 Å². The van der Waals surface area contributed by atoms with E-state index < -0.39 is 0 Å². The average Bonchev–Trinajstić information content (AvgIpc) is 2.90. The van der Waals surface area contributed by atoms with Gasteiger partial charge in [0, 0.05) is 21.8 Å². The summed E-state index contributed by atoms with van der Waals surface area (Å²) in [6.45, 7) is 0. The highest BCUT2D eigenvalue weighted by molar-refractivity contribution is 6.81. The van der Waals surface area contributed by atoms with Crippen LogP contribution in [0.25, 0.3) is 43.1 Å². The molecular formula is C28H21B3ClN3. The maximum absolute atomic E-state index is 6.30. The molecule has 0 amide bonds. The van der Waals surface area contributed by atoms with Crippen LogP contribution in [0.15, 0.2) is 103 Å². The number of benzene rings is 6. The van der Waals surface area contributed by atoms with Crippen LogP contribution in [0, 0.1) is 0 Å². The van der Waals surface area contributed by atoms with Gasteiger partial charge in [-0.3, -0.25) is 0 Å². The van der Waals surface area contributed by atoms with E-state index in [1.807, 2.05) is 18.2 Å². The number of anilines is 2. The summed E-state index contributed by atoms with van der Waals surface area (Å²) in [6.07, 6.45) is 0. The predicted molar refractivity (Wildman–Crippen MR) is 157 cm³/mol. The van der Waals surface area contributed by atoms with Crippen LogP contribution in [-0.2, 0) is 0 Å². The molecule has 0 radical (unpaired) electrons. The molecule has 0 aliphatic carbocycles. The second kappa shape index (κ2) is 8.26. The molecule has 6 aromatic carbocycles. The van der Waals surface area contributed by atoms with E-state index in [2.05, 4.69) is 99.5 Å². The van der Waals surface area contributed by atoms with Crippen molar-refractivity contribution in [3.05, 3.63) is 108 Å². The first-order valence-corrected chi connectivity index (χ1v) is 12.3. The van der Waals surface area contributed by atoms with Gasteiger partial charge in [0.1, 0.15) is 0 Å². The molecule has 1 saturated heterocycles. The molecule has 1 aliphatic heterocycles. The zero-order valence-corrected chi connectivity index (χ0v) is 20.0. The zero-order valence-electron chi connectivity index (χ0n) is 19.2. The quantitative estimate of drug-likeness (QED) is 0.201. The fourth-order valence-electron chi connectivity index (χ4n) is 5.41. The molecule has 0 saturated carbocycles. The van der Waals surface area contributed by atoms with Gasteiger partial charge < -0.3 is 14.6 Å². The van der Waals surface area contributed by atoms with Gasteiger partial charge >= 0.3 is 7.55 Å². The van der Waals surface area contributed by atoms with E-state index in [1.54, 1.807) is 0 Å². The Morgan fingerprint density at radius 1 is 0.543 bits per heavy atom. The highest BCUT2D eigenvalue weighted by Crippen LogP contribution is 2.38. The number of hydrogen-bond donors (Lipinski definition) is 1. The number of nitrogens with one attached hydrogen (secondary N) is 1. The first-order valence-electron chi connectivity index (χ1n) is 12.0. The largest absolute Gasteiger partial charge is 0.436 e. The lowest BCUT2D eigenvalue weighted by Crippen LogP contribution is -2.60. The van der Waals surface area contributed by atoms with Crippen LogP contribution < -0.4 is 14.6 Å². The molecule has 1 N–H and O–H groups in total. The number of fused-ring (bicyclic) bond motifs is 5. The van der Waals surface area contributed by atoms with Gasteiger partial charge in [0.2, 0.25) is 0 Å². The minimum atomic E-state index is 0.758. The van der Waals surface area contributed by atoms with Gasteiger partial charge in [0.05, 0.1) is 0 Å². The van der Waals surface area contributed by atoms with Crippen LogP contribution in [0.1, 0.15) is 0 Å². The van der Waals surface area contributed by atoms with Gasteiger partial charge in [-0.25, -0.2) is 0 Å². The third-order valence-corrected chi connectivity index (χ3v) is 7.36. The zero-order chi connectivity index (χ0) is 23.4. The topological polar surface area (TPSA) is 18.5 Å². The van der Waals surface area contributed by atoms with Crippen molar-refractivity contribution in [2.75, 3.05) is 9.44 Å². The predicted octanol–water partition coefficient (Wildman–Crippen LogP) is 5.67. The van der Waals surface area contributed by atoms with Gasteiger partial charge in [0.25, 0.3) is 15.1 Å². The van der Waals surface area contributed by atoms with Gasteiger partial charge in [-0.05, 0) is 86.2 Å². The molecule has 1 fully saturated rings. The van der Waals surface area contributed by atoms with Crippen LogP contribution in [-0.4, -0.2) is 22.6 Å². The standard InChI is InChI=1S/C28H21B3ClN3/c32-23-10-5-11-24(17-23)34-29-33-30-35(31-34)28-16-22-12-18-6-1-2-7-19(18)13-25(22)26-14-20-8-3-4-9-21(20)15-27(26)28/h1-17,29-31,33H. The summed E-state index contributed by atoms with van der Waals surface area (Å²) < 4.78 is 4.75. The Labute approximate surface area is 211 Å². The second-order valence-electron chi connectivity index (χ2n) is 9.33. The summed E-state index contributed by atoms with van der Waals surface area (Å²) in [5.74, 6) is 0. The third-order valence-electron chi connectivity index (χ3n) is 7.12. The smallest absolute Gasteiger partial charge is 0.332 e. The first-order chi connectivity index (χ1) is 17.2. The average molecular weight is 467 g/mol. The minimum absolute atomic E-state index is 0.758. The lowest BCUT2D eigenvalue weighted by molar-refractivity contribution is 1.35. The monoisotopic (exact) mass is 467 g/mol. The Morgan fingerprint density at radius 3 is 1.89 bits per heavy atom. The highest BCUT2D eigenvalue weighted by atomic mass is 35.5. The first kappa shape index (κ1) is 20.8. The lowest BCUT2D eigenvalue weighted by atomic mass is 9.75. The summed E-state index contributed by atoms with van der Waals surface area (Å²) in [5.41, 5.74) is 2.36. The SMILES string of the molecule is Clc1cccc(N2BNBN(c3cc4cc5ccccc5cc4c4cc5ccccc5cc34)B2)c1. The minimum Gasteiger partial charge on any atom is -0.436 e. The van der Waals surface area contributed by atoms with Gasteiger partial charge in [-0.2, -0.15) is 0 Å². The van der Waals surface area contributed by atoms with Crippen molar-refractivity contribution in [1.29, 1.82) is 0 Å². The van der Waals surface area contributed by atoms with Crippen LogP contribution in [0.3, 0.4) is 0 Å². The van der Waals surface area contributed by atoms with Crippen molar-refractivity contribution < 1.29 is 0 Å². The summed E-state index contributed by atoms with van der Waals surface area (Å²) in [7, 11) is 2.36. The van der Waals surface area contributed by atoms with Crippen molar-refractivity contribution in [1.82, 2.24) is 5.14 Å². The van der Waals surface area contributed by atoms with Crippen molar-refractivity contribution in [3.63, 3.8) is 0 Å². The van der Waals surface area contributed by atoms with E-state index in [4.69, 9.17) is 11.6 Å². The van der Waals surface area contributed by atoms with Crippen molar-refractivity contribution in [2.45, 2.75) is 0 Å². The molecule has 1 heterocycles. The molecule has 1 aliphatic rings. The van der Waals surface area contributed by atoms with Gasteiger partial charge in [0.15, 0.2) is 0 Å². The maximum Gasteiger partial charge on any atom is 0.332 e. The molecule has 164 valence electrons. The van der Waals surface area contributed by atoms with E-state index in [1.165, 1.54) is 48.8 Å². The molecule has 7 rings (SSSR count). The molecule has 0 bridgehead atoms. The van der Waals surface area contributed by atoms with Crippen LogP contribution in [0.5, 0.6) is 0 Å². The normalized spacial score (nSPS) is 13.7. The van der Waals surface area contributed by atoms with Gasteiger partial charge in [-0.1, -0.05) is 66.2 Å². The highest BCUT2D eigenvalue weighted by Gasteiger charge is 2.24. The molecule has 0 unspecified atom stereocenters. The Balaban J connectivity index is 1.46. The molecule has 0 atom stereocenters. The molecular weight excluding hydrogens is 446 g/mol.